The molecular weight excluding hydrogens is 252 g/mol. The number of carbonyl (C=O) groups is 2. The van der Waals surface area contributed by atoms with Crippen LogP contribution in [0.15, 0.2) is 12.7 Å². The molecule has 0 bridgehead atoms. The number of aldehydes is 1. The summed E-state index contributed by atoms with van der Waals surface area (Å²) in [6.07, 6.45) is 0.429. The first-order valence-corrected chi connectivity index (χ1v) is 6.14. The second-order valence-electron chi connectivity index (χ2n) is 4.62. The molecule has 0 spiro atoms. The van der Waals surface area contributed by atoms with Crippen LogP contribution in [0, 0.1) is 0 Å². The average molecular weight is 274 g/mol. The van der Waals surface area contributed by atoms with Crippen LogP contribution in [0.5, 0.6) is 0 Å². The summed E-state index contributed by atoms with van der Waals surface area (Å²) in [6.45, 7) is 10.6. The molecule has 2 atom stereocenters. The van der Waals surface area contributed by atoms with Crippen molar-refractivity contribution >= 4 is 12.4 Å². The monoisotopic (exact) mass is 274 g/mol. The van der Waals surface area contributed by atoms with E-state index < -0.39 is 24.2 Å². The lowest BCUT2D eigenvalue weighted by Crippen LogP contribution is -2.30. The summed E-state index contributed by atoms with van der Waals surface area (Å²) in [5.41, 5.74) is -0.501. The summed E-state index contributed by atoms with van der Waals surface area (Å²) in [6, 6.07) is 0. The van der Waals surface area contributed by atoms with Gasteiger partial charge in [0.1, 0.15) is 0 Å². The maximum atomic E-state index is 11.2. The highest BCUT2D eigenvalue weighted by molar-refractivity contribution is 5.65. The minimum Gasteiger partial charge on any atom is -0.424 e. The Hall–Kier alpha value is -1.40. The van der Waals surface area contributed by atoms with Gasteiger partial charge in [0.2, 0.25) is 0 Å². The van der Waals surface area contributed by atoms with Crippen molar-refractivity contribution < 1.29 is 28.8 Å². The van der Waals surface area contributed by atoms with Gasteiger partial charge in [-0.25, -0.2) is 9.68 Å². The highest BCUT2D eigenvalue weighted by Gasteiger charge is 2.23. The van der Waals surface area contributed by atoms with Gasteiger partial charge in [-0.1, -0.05) is 19.9 Å². The van der Waals surface area contributed by atoms with Crippen LogP contribution in [0.4, 0.5) is 4.79 Å². The van der Waals surface area contributed by atoms with Gasteiger partial charge >= 0.3 is 6.16 Å². The minimum atomic E-state index is -1.09. The molecule has 0 saturated heterocycles. The molecule has 0 radical (unpaired) electrons. The third-order valence-electron chi connectivity index (χ3n) is 2.10. The molecule has 6 heteroatoms. The van der Waals surface area contributed by atoms with Crippen LogP contribution in [-0.4, -0.2) is 30.4 Å². The normalized spacial score (nSPS) is 14.3. The van der Waals surface area contributed by atoms with Crippen LogP contribution in [0.3, 0.4) is 0 Å². The number of hydrogen-bond donors (Lipinski definition) is 0. The largest absolute Gasteiger partial charge is 0.511 e. The molecular formula is C13H22O6. The Kier molecular flexibility index (Phi) is 8.02. The maximum Gasteiger partial charge on any atom is 0.511 e. The Labute approximate surface area is 113 Å². The molecule has 0 amide bonds. The molecule has 110 valence electrons. The van der Waals surface area contributed by atoms with Gasteiger partial charge in [0.05, 0.1) is 5.60 Å². The quantitative estimate of drug-likeness (QED) is 0.161. The fourth-order valence-corrected chi connectivity index (χ4v) is 1.23. The smallest absolute Gasteiger partial charge is 0.424 e. The van der Waals surface area contributed by atoms with Crippen LogP contribution in [0.25, 0.3) is 0 Å². The molecule has 0 aliphatic rings. The van der Waals surface area contributed by atoms with Crippen LogP contribution in [0.2, 0.25) is 0 Å². The van der Waals surface area contributed by atoms with Crippen molar-refractivity contribution in [1.29, 1.82) is 0 Å². The second kappa shape index (κ2) is 8.66. The first-order chi connectivity index (χ1) is 8.84. The first-order valence-electron chi connectivity index (χ1n) is 6.14. The van der Waals surface area contributed by atoms with Crippen LogP contribution < -0.4 is 0 Å². The summed E-state index contributed by atoms with van der Waals surface area (Å²) < 4.78 is 9.36. The number of rotatable bonds is 9. The third kappa shape index (κ3) is 8.34. The van der Waals surface area contributed by atoms with Crippen LogP contribution in [-0.2, 0) is 24.0 Å². The minimum absolute atomic E-state index is 0.478. The highest BCUT2D eigenvalue weighted by atomic mass is 17.2. The van der Waals surface area contributed by atoms with Crippen molar-refractivity contribution in [3.05, 3.63) is 12.7 Å². The van der Waals surface area contributed by atoms with E-state index in [1.807, 2.05) is 20.8 Å². The van der Waals surface area contributed by atoms with Crippen molar-refractivity contribution in [2.75, 3.05) is 0 Å². The zero-order valence-corrected chi connectivity index (χ0v) is 11.9. The number of carbonyl (C=O) groups excluding carboxylic acids is 2. The lowest BCUT2D eigenvalue weighted by atomic mass is 10.0. The third-order valence-corrected chi connectivity index (χ3v) is 2.10. The second-order valence-corrected chi connectivity index (χ2v) is 4.62. The molecule has 0 aromatic rings. The molecule has 0 aliphatic carbocycles. The predicted molar refractivity (Wildman–Crippen MR) is 68.2 cm³/mol. The molecule has 0 aromatic heterocycles. The van der Waals surface area contributed by atoms with Crippen molar-refractivity contribution in [2.45, 2.75) is 58.5 Å². The van der Waals surface area contributed by atoms with E-state index in [2.05, 4.69) is 11.3 Å². The predicted octanol–water partition coefficient (Wildman–Crippen LogP) is 2.77. The van der Waals surface area contributed by atoms with E-state index in [1.54, 1.807) is 0 Å². The molecule has 0 aromatic carbocycles. The van der Waals surface area contributed by atoms with Crippen molar-refractivity contribution in [3.8, 4) is 0 Å². The van der Waals surface area contributed by atoms with E-state index in [0.29, 0.717) is 6.29 Å². The van der Waals surface area contributed by atoms with Crippen molar-refractivity contribution in [2.24, 2.45) is 0 Å². The Balaban J connectivity index is 4.18. The molecule has 0 N–H and O–H groups in total. The molecule has 6 nitrogen and oxygen atoms in total. The van der Waals surface area contributed by atoms with Gasteiger partial charge in [-0.15, -0.1) is 0 Å². The SMILES string of the molecule is C=CC(OOC(C)(C)CCC)OC(=O)OC(C)C=O. The van der Waals surface area contributed by atoms with Crippen molar-refractivity contribution in [1.82, 2.24) is 0 Å². The Morgan fingerprint density at radius 1 is 1.37 bits per heavy atom. The zero-order chi connectivity index (χ0) is 14.9. The highest BCUT2D eigenvalue weighted by Crippen LogP contribution is 2.18. The number of hydrogen-bond acceptors (Lipinski definition) is 6. The lowest BCUT2D eigenvalue weighted by molar-refractivity contribution is -0.402. The molecule has 0 aliphatic heterocycles. The van der Waals surface area contributed by atoms with Gasteiger partial charge in [0.15, 0.2) is 12.4 Å². The van der Waals surface area contributed by atoms with E-state index in [-0.39, 0.29) is 0 Å². The van der Waals surface area contributed by atoms with E-state index in [0.717, 1.165) is 12.8 Å². The Morgan fingerprint density at radius 2 is 2.00 bits per heavy atom. The topological polar surface area (TPSA) is 71.1 Å². The summed E-state index contributed by atoms with van der Waals surface area (Å²) in [5.74, 6) is 0. The number of ether oxygens (including phenoxy) is 2. The Bertz CT molecular complexity index is 300. The summed E-state index contributed by atoms with van der Waals surface area (Å²) in [7, 11) is 0. The van der Waals surface area contributed by atoms with Crippen LogP contribution >= 0.6 is 0 Å². The molecule has 19 heavy (non-hydrogen) atoms. The standard InChI is InChI=1S/C13H22O6/c1-6-8-13(4,5)19-18-11(7-2)17-12(15)16-10(3)9-14/h7,9-11H,2,6,8H2,1,3-5H3. The lowest BCUT2D eigenvalue weighted by Gasteiger charge is -2.24. The molecule has 0 fully saturated rings. The molecule has 0 rings (SSSR count). The van der Waals surface area contributed by atoms with Gasteiger partial charge < -0.3 is 9.47 Å². The van der Waals surface area contributed by atoms with Crippen LogP contribution in [0.1, 0.15) is 40.5 Å². The van der Waals surface area contributed by atoms with Crippen molar-refractivity contribution in [3.63, 3.8) is 0 Å². The molecule has 0 saturated carbocycles. The summed E-state index contributed by atoms with van der Waals surface area (Å²) in [5, 5.41) is 0. The average Bonchev–Trinajstić information content (AvgIpc) is 2.34. The van der Waals surface area contributed by atoms with Gasteiger partial charge in [-0.05, 0) is 33.3 Å². The molecule has 2 unspecified atom stereocenters. The van der Waals surface area contributed by atoms with E-state index in [4.69, 9.17) is 14.5 Å². The maximum absolute atomic E-state index is 11.2. The fraction of sp³-hybridized carbons (Fsp3) is 0.692. The summed E-state index contributed by atoms with van der Waals surface area (Å²) >= 11 is 0. The van der Waals surface area contributed by atoms with E-state index >= 15 is 0 Å². The first kappa shape index (κ1) is 17.6. The van der Waals surface area contributed by atoms with E-state index in [9.17, 15) is 9.59 Å². The fourth-order valence-electron chi connectivity index (χ4n) is 1.23. The zero-order valence-electron chi connectivity index (χ0n) is 11.9. The van der Waals surface area contributed by atoms with Gasteiger partial charge in [0.25, 0.3) is 6.29 Å². The van der Waals surface area contributed by atoms with E-state index in [1.165, 1.54) is 13.0 Å². The summed E-state index contributed by atoms with van der Waals surface area (Å²) in [4.78, 5) is 31.7. The van der Waals surface area contributed by atoms with Gasteiger partial charge in [-0.3, -0.25) is 4.79 Å². The Morgan fingerprint density at radius 3 is 2.47 bits per heavy atom. The molecule has 0 heterocycles. The van der Waals surface area contributed by atoms with Gasteiger partial charge in [-0.2, -0.15) is 4.89 Å². The van der Waals surface area contributed by atoms with Gasteiger partial charge in [0, 0.05) is 0 Å².